The van der Waals surface area contributed by atoms with E-state index in [0.717, 1.165) is 17.7 Å². The van der Waals surface area contributed by atoms with Gasteiger partial charge in [-0.05, 0) is 63.5 Å². The molecule has 0 bridgehead atoms. The number of sulfonamides is 1. The molecule has 3 rings (SSSR count). The molecule has 0 radical (unpaired) electrons. The number of methoxy groups -OCH3 is 2. The standard InChI is InChI=1S/C25H34N4O5S2/c1-7-28(8-2)36(31,32)19-12-10-18(11-13-19)24(30)29(17-9-16-27(3)4)25-26-22-20(33-5)14-15-21(34-6)23(22)35-25/h10-15H,7-9,16-17H2,1-6H3. The van der Waals surface area contributed by atoms with Gasteiger partial charge in [-0.25, -0.2) is 13.4 Å². The number of ether oxygens (including phenoxy) is 2. The molecule has 0 aliphatic carbocycles. The molecule has 3 aromatic rings. The van der Waals surface area contributed by atoms with E-state index in [1.165, 1.54) is 27.8 Å². The molecule has 0 spiro atoms. The monoisotopic (exact) mass is 534 g/mol. The molecule has 0 aliphatic heterocycles. The molecule has 0 saturated carbocycles. The van der Waals surface area contributed by atoms with E-state index in [1.54, 1.807) is 51.2 Å². The third kappa shape index (κ3) is 5.80. The number of carbonyl (C=O) groups excluding carboxylic acids is 1. The van der Waals surface area contributed by atoms with Crippen LogP contribution in [0.5, 0.6) is 11.5 Å². The minimum Gasteiger partial charge on any atom is -0.495 e. The van der Waals surface area contributed by atoms with Crippen molar-refractivity contribution in [3.05, 3.63) is 42.0 Å². The number of thiazole rings is 1. The molecule has 9 nitrogen and oxygen atoms in total. The molecule has 0 fully saturated rings. The third-order valence-electron chi connectivity index (χ3n) is 5.81. The van der Waals surface area contributed by atoms with Gasteiger partial charge in [-0.15, -0.1) is 0 Å². The van der Waals surface area contributed by atoms with Crippen molar-refractivity contribution in [1.82, 2.24) is 14.2 Å². The average molecular weight is 535 g/mol. The van der Waals surface area contributed by atoms with Gasteiger partial charge in [0, 0.05) is 25.2 Å². The lowest BCUT2D eigenvalue weighted by Crippen LogP contribution is -2.33. The first kappa shape index (κ1) is 27.9. The second kappa shape index (κ2) is 12.0. The lowest BCUT2D eigenvalue weighted by atomic mass is 10.2. The summed E-state index contributed by atoms with van der Waals surface area (Å²) in [5.74, 6) is 0.999. The predicted molar refractivity (Wildman–Crippen MR) is 144 cm³/mol. The number of anilines is 1. The number of nitrogens with zero attached hydrogens (tertiary/aromatic N) is 4. The fraction of sp³-hybridized carbons (Fsp3) is 0.440. The quantitative estimate of drug-likeness (QED) is 0.348. The summed E-state index contributed by atoms with van der Waals surface area (Å²) in [5.41, 5.74) is 1.01. The van der Waals surface area contributed by atoms with Crippen molar-refractivity contribution in [2.24, 2.45) is 0 Å². The molecule has 2 aromatic carbocycles. The first-order valence-corrected chi connectivity index (χ1v) is 14.0. The Morgan fingerprint density at radius 1 is 0.944 bits per heavy atom. The van der Waals surface area contributed by atoms with E-state index in [1.807, 2.05) is 20.2 Å². The van der Waals surface area contributed by atoms with Crippen molar-refractivity contribution < 1.29 is 22.7 Å². The molecule has 11 heteroatoms. The van der Waals surface area contributed by atoms with Gasteiger partial charge in [-0.1, -0.05) is 25.2 Å². The van der Waals surface area contributed by atoms with Gasteiger partial charge in [0.15, 0.2) is 5.13 Å². The fourth-order valence-electron chi connectivity index (χ4n) is 3.86. The number of fused-ring (bicyclic) bond motifs is 1. The lowest BCUT2D eigenvalue weighted by Gasteiger charge is -2.22. The molecular formula is C25H34N4O5S2. The molecule has 196 valence electrons. The van der Waals surface area contributed by atoms with Crippen LogP contribution in [0.2, 0.25) is 0 Å². The molecule has 0 unspecified atom stereocenters. The van der Waals surface area contributed by atoms with Gasteiger partial charge >= 0.3 is 0 Å². The summed E-state index contributed by atoms with van der Waals surface area (Å²) < 4.78 is 38.9. The van der Waals surface area contributed by atoms with E-state index in [0.29, 0.717) is 47.3 Å². The highest BCUT2D eigenvalue weighted by Crippen LogP contribution is 2.40. The molecule has 0 aliphatic rings. The van der Waals surface area contributed by atoms with Crippen LogP contribution in [0.1, 0.15) is 30.6 Å². The van der Waals surface area contributed by atoms with E-state index in [9.17, 15) is 13.2 Å². The maximum atomic E-state index is 13.7. The highest BCUT2D eigenvalue weighted by Gasteiger charge is 2.25. The minimum atomic E-state index is -3.61. The molecule has 0 atom stereocenters. The molecule has 0 N–H and O–H groups in total. The Labute approximate surface area is 217 Å². The Hall–Kier alpha value is -2.73. The second-order valence-corrected chi connectivity index (χ2v) is 11.3. The van der Waals surface area contributed by atoms with Crippen molar-refractivity contribution in [1.29, 1.82) is 0 Å². The zero-order valence-electron chi connectivity index (χ0n) is 21.6. The van der Waals surface area contributed by atoms with Crippen LogP contribution in [-0.4, -0.2) is 83.0 Å². The molecular weight excluding hydrogens is 500 g/mol. The normalized spacial score (nSPS) is 11.9. The third-order valence-corrected chi connectivity index (χ3v) is 8.96. The number of carbonyl (C=O) groups is 1. The van der Waals surface area contributed by atoms with Crippen LogP contribution in [0.3, 0.4) is 0 Å². The summed E-state index contributed by atoms with van der Waals surface area (Å²) in [6.07, 6.45) is 0.733. The minimum absolute atomic E-state index is 0.163. The van der Waals surface area contributed by atoms with Crippen LogP contribution in [0.25, 0.3) is 10.2 Å². The van der Waals surface area contributed by atoms with Crippen LogP contribution in [0.15, 0.2) is 41.3 Å². The first-order valence-electron chi connectivity index (χ1n) is 11.8. The van der Waals surface area contributed by atoms with Crippen LogP contribution in [0, 0.1) is 0 Å². The van der Waals surface area contributed by atoms with E-state index in [4.69, 9.17) is 14.5 Å². The maximum Gasteiger partial charge on any atom is 0.260 e. The van der Waals surface area contributed by atoms with Crippen molar-refractivity contribution in [3.8, 4) is 11.5 Å². The van der Waals surface area contributed by atoms with Gasteiger partial charge in [0.2, 0.25) is 10.0 Å². The van der Waals surface area contributed by atoms with Gasteiger partial charge in [0.25, 0.3) is 5.91 Å². The first-order chi connectivity index (χ1) is 17.2. The Kier molecular flexibility index (Phi) is 9.29. The van der Waals surface area contributed by atoms with Gasteiger partial charge in [-0.3, -0.25) is 9.69 Å². The van der Waals surface area contributed by atoms with Crippen molar-refractivity contribution in [2.75, 3.05) is 59.4 Å². The summed E-state index contributed by atoms with van der Waals surface area (Å²) in [4.78, 5) is 22.3. The number of amides is 1. The summed E-state index contributed by atoms with van der Waals surface area (Å²) in [5, 5.41) is 0.524. The lowest BCUT2D eigenvalue weighted by molar-refractivity contribution is 0.0986. The van der Waals surface area contributed by atoms with E-state index in [2.05, 4.69) is 4.90 Å². The topological polar surface area (TPSA) is 92.3 Å². The molecule has 36 heavy (non-hydrogen) atoms. The predicted octanol–water partition coefficient (Wildman–Crippen LogP) is 3.94. The largest absolute Gasteiger partial charge is 0.495 e. The number of benzene rings is 2. The Balaban J connectivity index is 2.00. The van der Waals surface area contributed by atoms with Crippen molar-refractivity contribution in [3.63, 3.8) is 0 Å². The Morgan fingerprint density at radius 2 is 1.56 bits per heavy atom. The number of rotatable bonds is 12. The SMILES string of the molecule is CCN(CC)S(=O)(=O)c1ccc(C(=O)N(CCCN(C)C)c2nc3c(OC)ccc(OC)c3s2)cc1. The zero-order valence-corrected chi connectivity index (χ0v) is 23.3. The van der Waals surface area contributed by atoms with Gasteiger partial charge in [-0.2, -0.15) is 4.31 Å². The van der Waals surface area contributed by atoms with Crippen LogP contribution in [-0.2, 0) is 10.0 Å². The molecule has 1 aromatic heterocycles. The molecule has 1 amide bonds. The van der Waals surface area contributed by atoms with E-state index < -0.39 is 10.0 Å². The van der Waals surface area contributed by atoms with Crippen molar-refractivity contribution >= 4 is 42.6 Å². The van der Waals surface area contributed by atoms with E-state index in [-0.39, 0.29) is 10.8 Å². The maximum absolute atomic E-state index is 13.7. The molecule has 0 saturated heterocycles. The Morgan fingerprint density at radius 3 is 2.11 bits per heavy atom. The molecule has 1 heterocycles. The smallest absolute Gasteiger partial charge is 0.260 e. The van der Waals surface area contributed by atoms with Gasteiger partial charge in [0.05, 0.1) is 19.1 Å². The van der Waals surface area contributed by atoms with Gasteiger partial charge < -0.3 is 14.4 Å². The van der Waals surface area contributed by atoms with Crippen molar-refractivity contribution in [2.45, 2.75) is 25.2 Å². The highest BCUT2D eigenvalue weighted by atomic mass is 32.2. The summed E-state index contributed by atoms with van der Waals surface area (Å²) in [7, 11) is 3.52. The summed E-state index contributed by atoms with van der Waals surface area (Å²) in [6.45, 7) is 5.59. The number of hydrogen-bond acceptors (Lipinski definition) is 8. The van der Waals surface area contributed by atoms with E-state index >= 15 is 0 Å². The van der Waals surface area contributed by atoms with Crippen LogP contribution < -0.4 is 14.4 Å². The fourth-order valence-corrected chi connectivity index (χ4v) is 6.41. The number of aromatic nitrogens is 1. The van der Waals surface area contributed by atoms with Gasteiger partial charge in [0.1, 0.15) is 21.7 Å². The zero-order chi connectivity index (χ0) is 26.5. The highest BCUT2D eigenvalue weighted by molar-refractivity contribution is 7.89. The summed E-state index contributed by atoms with van der Waals surface area (Å²) >= 11 is 1.36. The summed E-state index contributed by atoms with van der Waals surface area (Å²) in [6, 6.07) is 9.71. The Bertz CT molecular complexity index is 1240. The van der Waals surface area contributed by atoms with Crippen LogP contribution >= 0.6 is 11.3 Å². The second-order valence-electron chi connectivity index (χ2n) is 8.37. The van der Waals surface area contributed by atoms with Crippen LogP contribution in [0.4, 0.5) is 5.13 Å². The number of hydrogen-bond donors (Lipinski definition) is 0. The average Bonchev–Trinajstić information content (AvgIpc) is 3.31.